The number of halogens is 2. The zero-order valence-corrected chi connectivity index (χ0v) is 14.2. The van der Waals surface area contributed by atoms with Crippen molar-refractivity contribution in [2.45, 2.75) is 25.3 Å². The molecule has 24 heavy (non-hydrogen) atoms. The van der Waals surface area contributed by atoms with Gasteiger partial charge in [0, 0.05) is 25.7 Å². The molecule has 0 saturated heterocycles. The first-order valence-electron chi connectivity index (χ1n) is 7.47. The van der Waals surface area contributed by atoms with E-state index in [1.54, 1.807) is 36.5 Å². The van der Waals surface area contributed by atoms with Gasteiger partial charge in [-0.2, -0.15) is 0 Å². The van der Waals surface area contributed by atoms with Gasteiger partial charge < -0.3 is 10.8 Å². The molecule has 2 aromatic carbocycles. The van der Waals surface area contributed by atoms with E-state index in [2.05, 4.69) is 11.8 Å². The summed E-state index contributed by atoms with van der Waals surface area (Å²) in [5.41, 5.74) is 5.10. The number of fused-ring (bicyclic) bond motifs is 3. The first-order valence-corrected chi connectivity index (χ1v) is 8.29. The largest absolute Gasteiger partial charge is 0.390 e. The predicted octanol–water partition coefficient (Wildman–Crippen LogP) is 4.23. The molecular formula is C19H17F2NOS. The molecule has 0 spiro atoms. The van der Waals surface area contributed by atoms with Crippen molar-refractivity contribution in [2.75, 3.05) is 6.61 Å². The molecule has 2 nitrogen and oxygen atoms in total. The minimum Gasteiger partial charge on any atom is -0.390 e. The minimum absolute atomic E-state index is 0.292. The van der Waals surface area contributed by atoms with Gasteiger partial charge in [0.2, 0.25) is 0 Å². The molecule has 0 fully saturated rings. The molecule has 0 aliphatic rings. The molecular weight excluding hydrogens is 328 g/mol. The van der Waals surface area contributed by atoms with Crippen molar-refractivity contribution in [2.24, 2.45) is 5.73 Å². The summed E-state index contributed by atoms with van der Waals surface area (Å²) in [7, 11) is 0. The molecule has 0 aliphatic carbocycles. The number of aliphatic hydroxyl groups excluding tert-OH is 1. The summed E-state index contributed by atoms with van der Waals surface area (Å²) in [5.74, 6) is 2.46. The van der Waals surface area contributed by atoms with E-state index < -0.39 is 18.1 Å². The van der Waals surface area contributed by atoms with Gasteiger partial charge in [0.25, 0.3) is 5.92 Å². The molecule has 124 valence electrons. The van der Waals surface area contributed by atoms with Gasteiger partial charge in [-0.15, -0.1) is 17.3 Å². The molecule has 0 unspecified atom stereocenters. The Kier molecular flexibility index (Phi) is 4.08. The second kappa shape index (κ2) is 5.82. The highest BCUT2D eigenvalue weighted by atomic mass is 32.1. The molecule has 1 heterocycles. The lowest BCUT2D eigenvalue weighted by Gasteiger charge is -2.33. The number of thiophene rings is 1. The predicted molar refractivity (Wildman–Crippen MR) is 95.5 cm³/mol. The van der Waals surface area contributed by atoms with Crippen LogP contribution in [0.15, 0.2) is 36.4 Å². The van der Waals surface area contributed by atoms with Gasteiger partial charge in [0.05, 0.1) is 0 Å². The minimum atomic E-state index is -3.41. The molecule has 0 radical (unpaired) electrons. The van der Waals surface area contributed by atoms with Crippen molar-refractivity contribution in [3.63, 3.8) is 0 Å². The van der Waals surface area contributed by atoms with E-state index in [4.69, 9.17) is 10.8 Å². The number of benzene rings is 2. The van der Waals surface area contributed by atoms with E-state index in [1.165, 1.54) is 6.92 Å². The third kappa shape index (κ3) is 2.57. The molecule has 0 amide bonds. The van der Waals surface area contributed by atoms with Gasteiger partial charge in [0.15, 0.2) is 0 Å². The number of hydrogen-bond acceptors (Lipinski definition) is 3. The van der Waals surface area contributed by atoms with E-state index >= 15 is 0 Å². The summed E-state index contributed by atoms with van der Waals surface area (Å²) in [6.07, 6.45) is 0. The SMILES string of the molecule is CC#Cc1ccc2sc3ccc([C@@](C)(N)C(F)(F)CO)cc3c2c1. The van der Waals surface area contributed by atoms with Gasteiger partial charge in [-0.05, 0) is 49.7 Å². The maximum Gasteiger partial charge on any atom is 0.291 e. The van der Waals surface area contributed by atoms with Crippen LogP contribution < -0.4 is 5.73 Å². The van der Waals surface area contributed by atoms with Crippen molar-refractivity contribution in [3.8, 4) is 11.8 Å². The lowest BCUT2D eigenvalue weighted by atomic mass is 9.86. The van der Waals surface area contributed by atoms with Crippen LogP contribution in [0.4, 0.5) is 8.78 Å². The van der Waals surface area contributed by atoms with E-state index in [0.717, 1.165) is 25.7 Å². The zero-order valence-electron chi connectivity index (χ0n) is 13.4. The zero-order chi connectivity index (χ0) is 17.5. The number of alkyl halides is 2. The number of aliphatic hydroxyl groups is 1. The van der Waals surface area contributed by atoms with E-state index in [-0.39, 0.29) is 0 Å². The van der Waals surface area contributed by atoms with Crippen molar-refractivity contribution in [1.82, 2.24) is 0 Å². The van der Waals surface area contributed by atoms with Crippen molar-refractivity contribution < 1.29 is 13.9 Å². The average molecular weight is 345 g/mol. The standard InChI is InChI=1S/C19H17F2NOS/c1-3-4-12-5-7-16-14(9-12)15-10-13(6-8-17(15)24-16)18(2,22)19(20,21)11-23/h5-10,23H,11,22H2,1-2H3/t18-/m1/s1. The third-order valence-corrected chi connectivity index (χ3v) is 5.45. The Morgan fingerprint density at radius 1 is 1.12 bits per heavy atom. The summed E-state index contributed by atoms with van der Waals surface area (Å²) >= 11 is 1.60. The fourth-order valence-electron chi connectivity index (χ4n) is 2.70. The summed E-state index contributed by atoms with van der Waals surface area (Å²) in [6, 6.07) is 11.0. The molecule has 0 saturated carbocycles. The fraction of sp³-hybridized carbons (Fsp3) is 0.263. The van der Waals surface area contributed by atoms with Crippen molar-refractivity contribution >= 4 is 31.5 Å². The Hall–Kier alpha value is -2.00. The number of nitrogens with two attached hydrogens (primary N) is 1. The van der Waals surface area contributed by atoms with E-state index in [9.17, 15) is 8.78 Å². The monoisotopic (exact) mass is 345 g/mol. The van der Waals surface area contributed by atoms with Crippen LogP contribution in [0.1, 0.15) is 25.0 Å². The summed E-state index contributed by atoms with van der Waals surface area (Å²) in [4.78, 5) is 0. The van der Waals surface area contributed by atoms with Crippen molar-refractivity contribution in [3.05, 3.63) is 47.5 Å². The maximum atomic E-state index is 14.0. The topological polar surface area (TPSA) is 46.2 Å². The highest BCUT2D eigenvalue weighted by molar-refractivity contribution is 7.25. The Balaban J connectivity index is 2.24. The third-order valence-electron chi connectivity index (χ3n) is 4.30. The van der Waals surface area contributed by atoms with Crippen LogP contribution in [0.3, 0.4) is 0 Å². The van der Waals surface area contributed by atoms with Crippen LogP contribution in [0.25, 0.3) is 20.2 Å². The molecule has 3 N–H and O–H groups in total. The Morgan fingerprint density at radius 2 is 1.75 bits per heavy atom. The molecule has 3 rings (SSSR count). The second-order valence-electron chi connectivity index (χ2n) is 5.96. The van der Waals surface area contributed by atoms with Gasteiger partial charge in [-0.1, -0.05) is 12.0 Å². The Labute approximate surface area is 142 Å². The van der Waals surface area contributed by atoms with Crippen LogP contribution in [-0.2, 0) is 5.54 Å². The van der Waals surface area contributed by atoms with Gasteiger partial charge >= 0.3 is 0 Å². The molecule has 3 aromatic rings. The summed E-state index contributed by atoms with van der Waals surface area (Å²) in [5, 5.41) is 10.8. The highest BCUT2D eigenvalue weighted by Crippen LogP contribution is 2.40. The van der Waals surface area contributed by atoms with Crippen LogP contribution in [0.2, 0.25) is 0 Å². The normalized spacial score (nSPS) is 14.4. The van der Waals surface area contributed by atoms with Crippen molar-refractivity contribution in [1.29, 1.82) is 0 Å². The number of rotatable bonds is 3. The first-order chi connectivity index (χ1) is 11.3. The van der Waals surface area contributed by atoms with Gasteiger partial charge in [-0.25, -0.2) is 8.78 Å². The summed E-state index contributed by atoms with van der Waals surface area (Å²) in [6.45, 7) is 1.72. The average Bonchev–Trinajstić information content (AvgIpc) is 2.92. The highest BCUT2D eigenvalue weighted by Gasteiger charge is 2.48. The first kappa shape index (κ1) is 16.8. The van der Waals surface area contributed by atoms with Crippen LogP contribution >= 0.6 is 11.3 Å². The molecule has 1 aromatic heterocycles. The maximum absolute atomic E-state index is 14.0. The van der Waals surface area contributed by atoms with Crippen LogP contribution in [0.5, 0.6) is 0 Å². The Bertz CT molecular complexity index is 979. The molecule has 1 atom stereocenters. The van der Waals surface area contributed by atoms with Gasteiger partial charge in [-0.3, -0.25) is 0 Å². The molecule has 5 heteroatoms. The van der Waals surface area contributed by atoms with E-state index in [1.807, 2.05) is 18.2 Å². The van der Waals surface area contributed by atoms with Gasteiger partial charge in [0.1, 0.15) is 12.1 Å². The smallest absolute Gasteiger partial charge is 0.291 e. The summed E-state index contributed by atoms with van der Waals surface area (Å²) < 4.78 is 30.1. The second-order valence-corrected chi connectivity index (χ2v) is 7.05. The van der Waals surface area contributed by atoms with Crippen LogP contribution in [-0.4, -0.2) is 17.6 Å². The fourth-order valence-corrected chi connectivity index (χ4v) is 3.76. The lowest BCUT2D eigenvalue weighted by molar-refractivity contribution is -0.108. The van der Waals surface area contributed by atoms with Crippen LogP contribution in [0, 0.1) is 11.8 Å². The molecule has 0 aliphatic heterocycles. The quantitative estimate of drug-likeness (QED) is 0.698. The number of hydrogen-bond donors (Lipinski definition) is 2. The Morgan fingerprint density at radius 3 is 2.38 bits per heavy atom. The van der Waals surface area contributed by atoms with E-state index in [0.29, 0.717) is 5.56 Å². The lowest BCUT2D eigenvalue weighted by Crippen LogP contribution is -2.52. The molecule has 0 bridgehead atoms.